The lowest BCUT2D eigenvalue weighted by Crippen LogP contribution is -2.60. The van der Waals surface area contributed by atoms with Crippen LogP contribution in [-0.2, 0) is 9.84 Å². The molecule has 0 aromatic rings. The Bertz CT molecular complexity index is 298. The molecule has 14 heavy (non-hydrogen) atoms. The minimum Gasteiger partial charge on any atom is -0.314 e. The summed E-state index contributed by atoms with van der Waals surface area (Å²) in [5.41, 5.74) is 0. The molecule has 0 saturated carbocycles. The van der Waals surface area contributed by atoms with Gasteiger partial charge in [-0.3, -0.25) is 4.90 Å². The van der Waals surface area contributed by atoms with E-state index in [0.29, 0.717) is 6.04 Å². The van der Waals surface area contributed by atoms with Gasteiger partial charge in [-0.1, -0.05) is 0 Å². The number of piperidine rings is 1. The molecule has 1 atom stereocenters. The zero-order valence-electron chi connectivity index (χ0n) is 8.57. The fourth-order valence-electron chi connectivity index (χ4n) is 2.18. The van der Waals surface area contributed by atoms with Crippen LogP contribution in [0.25, 0.3) is 0 Å². The summed E-state index contributed by atoms with van der Waals surface area (Å²) in [7, 11) is -2.84. The molecule has 82 valence electrons. The van der Waals surface area contributed by atoms with Crippen molar-refractivity contribution in [1.82, 2.24) is 10.2 Å². The van der Waals surface area contributed by atoms with Crippen molar-refractivity contribution in [3.05, 3.63) is 0 Å². The molecule has 2 saturated heterocycles. The summed E-state index contributed by atoms with van der Waals surface area (Å²) in [6.45, 7) is 3.86. The highest BCUT2D eigenvalue weighted by Gasteiger charge is 2.32. The average Bonchev–Trinajstić information content (AvgIpc) is 2.00. The monoisotopic (exact) mass is 218 g/mol. The molecule has 2 fully saturated rings. The number of sulfone groups is 1. The van der Waals surface area contributed by atoms with Crippen LogP contribution in [-0.4, -0.2) is 57.0 Å². The Kier molecular flexibility index (Phi) is 2.81. The Balaban J connectivity index is 1.96. The molecule has 2 aliphatic rings. The average molecular weight is 218 g/mol. The Morgan fingerprint density at radius 3 is 2.57 bits per heavy atom. The van der Waals surface area contributed by atoms with Crippen LogP contribution in [0.2, 0.25) is 0 Å². The van der Waals surface area contributed by atoms with Gasteiger partial charge in [0, 0.05) is 31.9 Å². The van der Waals surface area contributed by atoms with Crippen LogP contribution >= 0.6 is 0 Å². The lowest BCUT2D eigenvalue weighted by Gasteiger charge is -2.42. The Morgan fingerprint density at radius 1 is 1.36 bits per heavy atom. The van der Waals surface area contributed by atoms with Gasteiger partial charge >= 0.3 is 0 Å². The van der Waals surface area contributed by atoms with Crippen molar-refractivity contribution in [3.63, 3.8) is 0 Å². The molecule has 2 heterocycles. The maximum Gasteiger partial charge on any atom is 0.151 e. The van der Waals surface area contributed by atoms with Crippen molar-refractivity contribution < 1.29 is 8.42 Å². The molecule has 0 radical (unpaired) electrons. The van der Waals surface area contributed by atoms with Gasteiger partial charge in [0.2, 0.25) is 0 Å². The standard InChI is InChI=1S/C9H18N2O2S/c1-14(12,13)9-3-2-4-11(7-9)8-5-10-6-8/h8-10H,2-7H2,1H3. The second-order valence-corrected chi connectivity index (χ2v) is 6.73. The molecule has 0 aromatic heterocycles. The van der Waals surface area contributed by atoms with E-state index in [-0.39, 0.29) is 5.25 Å². The molecular weight excluding hydrogens is 200 g/mol. The molecule has 0 spiro atoms. The molecule has 0 amide bonds. The largest absolute Gasteiger partial charge is 0.314 e. The zero-order chi connectivity index (χ0) is 10.2. The van der Waals surface area contributed by atoms with E-state index in [1.807, 2.05) is 0 Å². The lowest BCUT2D eigenvalue weighted by atomic mass is 10.0. The van der Waals surface area contributed by atoms with Crippen molar-refractivity contribution in [3.8, 4) is 0 Å². The molecule has 2 rings (SSSR count). The minimum atomic E-state index is -2.84. The van der Waals surface area contributed by atoms with Crippen LogP contribution in [0.3, 0.4) is 0 Å². The molecule has 0 aliphatic carbocycles. The highest BCUT2D eigenvalue weighted by Crippen LogP contribution is 2.19. The second-order valence-electron chi connectivity index (χ2n) is 4.40. The van der Waals surface area contributed by atoms with Gasteiger partial charge in [0.15, 0.2) is 9.84 Å². The minimum absolute atomic E-state index is 0.128. The number of rotatable bonds is 2. The first-order valence-electron chi connectivity index (χ1n) is 5.21. The quantitative estimate of drug-likeness (QED) is 0.677. The summed E-state index contributed by atoms with van der Waals surface area (Å²) in [6.07, 6.45) is 3.23. The molecule has 4 nitrogen and oxygen atoms in total. The van der Waals surface area contributed by atoms with E-state index in [9.17, 15) is 8.42 Å². The van der Waals surface area contributed by atoms with E-state index < -0.39 is 9.84 Å². The predicted molar refractivity (Wildman–Crippen MR) is 56.1 cm³/mol. The summed E-state index contributed by atoms with van der Waals surface area (Å²) in [4.78, 5) is 2.33. The van der Waals surface area contributed by atoms with Gasteiger partial charge in [-0.25, -0.2) is 8.42 Å². The summed E-state index contributed by atoms with van der Waals surface area (Å²) >= 11 is 0. The zero-order valence-corrected chi connectivity index (χ0v) is 9.39. The van der Waals surface area contributed by atoms with Gasteiger partial charge in [-0.15, -0.1) is 0 Å². The van der Waals surface area contributed by atoms with Crippen molar-refractivity contribution in [2.75, 3.05) is 32.4 Å². The van der Waals surface area contributed by atoms with Gasteiger partial charge in [0.05, 0.1) is 5.25 Å². The van der Waals surface area contributed by atoms with E-state index in [0.717, 1.165) is 39.0 Å². The number of nitrogens with zero attached hydrogens (tertiary/aromatic N) is 1. The van der Waals surface area contributed by atoms with E-state index in [1.54, 1.807) is 0 Å². The van der Waals surface area contributed by atoms with Crippen molar-refractivity contribution in [2.24, 2.45) is 0 Å². The van der Waals surface area contributed by atoms with Gasteiger partial charge in [0.25, 0.3) is 0 Å². The highest BCUT2D eigenvalue weighted by molar-refractivity contribution is 7.91. The van der Waals surface area contributed by atoms with Gasteiger partial charge in [0.1, 0.15) is 0 Å². The Morgan fingerprint density at radius 2 is 2.07 bits per heavy atom. The van der Waals surface area contributed by atoms with Crippen LogP contribution in [0.4, 0.5) is 0 Å². The van der Waals surface area contributed by atoms with Gasteiger partial charge in [-0.2, -0.15) is 0 Å². The van der Waals surface area contributed by atoms with Crippen LogP contribution in [0.5, 0.6) is 0 Å². The summed E-state index contributed by atoms with van der Waals surface area (Å²) in [5, 5.41) is 3.09. The first-order valence-corrected chi connectivity index (χ1v) is 7.16. The van der Waals surface area contributed by atoms with Crippen molar-refractivity contribution in [1.29, 1.82) is 0 Å². The predicted octanol–water partition coefficient (Wildman–Crippen LogP) is -0.533. The first-order chi connectivity index (χ1) is 6.57. The van der Waals surface area contributed by atoms with Crippen LogP contribution in [0.1, 0.15) is 12.8 Å². The summed E-state index contributed by atoms with van der Waals surface area (Å²) in [6, 6.07) is 0.583. The molecule has 1 N–H and O–H groups in total. The van der Waals surface area contributed by atoms with E-state index in [2.05, 4.69) is 10.2 Å². The van der Waals surface area contributed by atoms with Crippen molar-refractivity contribution in [2.45, 2.75) is 24.1 Å². The topological polar surface area (TPSA) is 49.4 Å². The van der Waals surface area contributed by atoms with E-state index in [4.69, 9.17) is 0 Å². The number of hydrogen-bond donors (Lipinski definition) is 1. The van der Waals surface area contributed by atoms with Gasteiger partial charge in [-0.05, 0) is 19.4 Å². The third-order valence-electron chi connectivity index (χ3n) is 3.29. The molecular formula is C9H18N2O2S. The fraction of sp³-hybridized carbons (Fsp3) is 1.00. The smallest absolute Gasteiger partial charge is 0.151 e. The van der Waals surface area contributed by atoms with Crippen LogP contribution in [0, 0.1) is 0 Å². The maximum atomic E-state index is 11.4. The SMILES string of the molecule is CS(=O)(=O)C1CCCN(C2CNC2)C1. The van der Waals surface area contributed by atoms with Crippen molar-refractivity contribution >= 4 is 9.84 Å². The fourth-order valence-corrected chi connectivity index (χ4v) is 3.24. The third-order valence-corrected chi connectivity index (χ3v) is 4.89. The number of likely N-dealkylation sites (tertiary alicyclic amines) is 1. The number of nitrogens with one attached hydrogen (secondary N) is 1. The molecule has 0 aromatic carbocycles. The summed E-state index contributed by atoms with van der Waals surface area (Å²) < 4.78 is 22.8. The third kappa shape index (κ3) is 2.10. The summed E-state index contributed by atoms with van der Waals surface area (Å²) in [5.74, 6) is 0. The lowest BCUT2D eigenvalue weighted by molar-refractivity contribution is 0.123. The Hall–Kier alpha value is -0.130. The normalized spacial score (nSPS) is 31.4. The molecule has 5 heteroatoms. The van der Waals surface area contributed by atoms with E-state index in [1.165, 1.54) is 6.26 Å². The highest BCUT2D eigenvalue weighted by atomic mass is 32.2. The van der Waals surface area contributed by atoms with Gasteiger partial charge < -0.3 is 5.32 Å². The van der Waals surface area contributed by atoms with Crippen LogP contribution < -0.4 is 5.32 Å². The molecule has 2 aliphatic heterocycles. The van der Waals surface area contributed by atoms with E-state index >= 15 is 0 Å². The second kappa shape index (κ2) is 3.79. The number of hydrogen-bond acceptors (Lipinski definition) is 4. The Labute approximate surface area is 85.6 Å². The molecule has 1 unspecified atom stereocenters. The molecule has 0 bridgehead atoms. The first kappa shape index (κ1) is 10.4. The van der Waals surface area contributed by atoms with Crippen LogP contribution in [0.15, 0.2) is 0 Å². The maximum absolute atomic E-state index is 11.4.